The van der Waals surface area contributed by atoms with E-state index in [0.29, 0.717) is 11.1 Å². The molecule has 0 saturated carbocycles. The summed E-state index contributed by atoms with van der Waals surface area (Å²) in [5.41, 5.74) is 1.29. The van der Waals surface area contributed by atoms with E-state index >= 15 is 0 Å². The first-order chi connectivity index (χ1) is 6.79. The van der Waals surface area contributed by atoms with Crippen molar-refractivity contribution < 1.29 is 10.2 Å². The van der Waals surface area contributed by atoms with Gasteiger partial charge in [0.25, 0.3) is 0 Å². The Balaban J connectivity index is 0.00000112. The van der Waals surface area contributed by atoms with E-state index in [0.717, 1.165) is 0 Å². The zero-order valence-corrected chi connectivity index (χ0v) is 7.51. The molecular formula is C13H14O2. The number of phenols is 2. The molecule has 0 unspecified atom stereocenters. The zero-order chi connectivity index (χ0) is 9.97. The van der Waals surface area contributed by atoms with E-state index in [-0.39, 0.29) is 18.9 Å². The molecule has 2 N–H and O–H groups in total. The van der Waals surface area contributed by atoms with Crippen molar-refractivity contribution in [2.24, 2.45) is 0 Å². The lowest BCUT2D eigenvalue weighted by Gasteiger charge is -2.05. The van der Waals surface area contributed by atoms with E-state index in [4.69, 9.17) is 0 Å². The molecule has 0 atom stereocenters. The summed E-state index contributed by atoms with van der Waals surface area (Å²) in [4.78, 5) is 0. The van der Waals surface area contributed by atoms with E-state index in [1.165, 1.54) is 0 Å². The quantitative estimate of drug-likeness (QED) is 0.744. The summed E-state index contributed by atoms with van der Waals surface area (Å²) in [7, 11) is 0. The molecule has 0 heterocycles. The number of benzene rings is 2. The molecule has 2 aromatic rings. The summed E-state index contributed by atoms with van der Waals surface area (Å²) >= 11 is 0. The van der Waals surface area contributed by atoms with Crippen LogP contribution < -0.4 is 0 Å². The summed E-state index contributed by atoms with van der Waals surface area (Å²) in [6.07, 6.45) is 0. The number of para-hydroxylation sites is 2. The number of aromatic hydroxyl groups is 2. The van der Waals surface area contributed by atoms with Gasteiger partial charge in [-0.15, -0.1) is 0 Å². The minimum atomic E-state index is 0. The van der Waals surface area contributed by atoms with E-state index in [1.807, 2.05) is 12.1 Å². The maximum Gasteiger partial charge on any atom is 0.123 e. The Morgan fingerprint density at radius 3 is 1.27 bits per heavy atom. The SMILES string of the molecule is C.Oc1ccccc1-c1ccccc1O. The summed E-state index contributed by atoms with van der Waals surface area (Å²) in [5, 5.41) is 19.2. The van der Waals surface area contributed by atoms with Crippen molar-refractivity contribution in [2.45, 2.75) is 7.43 Å². The van der Waals surface area contributed by atoms with Gasteiger partial charge in [-0.25, -0.2) is 0 Å². The first-order valence-corrected chi connectivity index (χ1v) is 4.35. The van der Waals surface area contributed by atoms with Crippen LogP contribution in [0.1, 0.15) is 7.43 Å². The number of rotatable bonds is 1. The lowest BCUT2D eigenvalue weighted by atomic mass is 10.0. The van der Waals surface area contributed by atoms with Crippen LogP contribution in [-0.2, 0) is 0 Å². The van der Waals surface area contributed by atoms with Gasteiger partial charge in [-0.3, -0.25) is 0 Å². The normalized spacial score (nSPS) is 9.33. The van der Waals surface area contributed by atoms with E-state index in [2.05, 4.69) is 0 Å². The third-order valence-electron chi connectivity index (χ3n) is 2.10. The van der Waals surface area contributed by atoms with Crippen LogP contribution in [0.15, 0.2) is 48.5 Å². The number of hydrogen-bond acceptors (Lipinski definition) is 2. The third-order valence-corrected chi connectivity index (χ3v) is 2.10. The monoisotopic (exact) mass is 202 g/mol. The highest BCUT2D eigenvalue weighted by molar-refractivity contribution is 5.74. The van der Waals surface area contributed by atoms with Crippen molar-refractivity contribution in [1.82, 2.24) is 0 Å². The molecule has 2 aromatic carbocycles. The van der Waals surface area contributed by atoms with Crippen molar-refractivity contribution in [1.29, 1.82) is 0 Å². The van der Waals surface area contributed by atoms with Gasteiger partial charge in [-0.2, -0.15) is 0 Å². The number of hydrogen-bond donors (Lipinski definition) is 2. The van der Waals surface area contributed by atoms with Gasteiger partial charge >= 0.3 is 0 Å². The molecule has 0 aliphatic rings. The second kappa shape index (κ2) is 4.51. The molecule has 0 saturated heterocycles. The molecule has 0 amide bonds. The molecule has 2 nitrogen and oxygen atoms in total. The Morgan fingerprint density at radius 2 is 0.933 bits per heavy atom. The highest BCUT2D eigenvalue weighted by Crippen LogP contribution is 2.34. The van der Waals surface area contributed by atoms with E-state index < -0.39 is 0 Å². The highest BCUT2D eigenvalue weighted by Gasteiger charge is 2.06. The lowest BCUT2D eigenvalue weighted by molar-refractivity contribution is 0.469. The van der Waals surface area contributed by atoms with Gasteiger partial charge in [-0.05, 0) is 12.1 Å². The van der Waals surface area contributed by atoms with Crippen LogP contribution in [0.3, 0.4) is 0 Å². The molecule has 0 aliphatic carbocycles. The van der Waals surface area contributed by atoms with Crippen molar-refractivity contribution in [2.75, 3.05) is 0 Å². The fourth-order valence-electron chi connectivity index (χ4n) is 1.40. The first kappa shape index (κ1) is 11.1. The molecule has 0 aromatic heterocycles. The van der Waals surface area contributed by atoms with Gasteiger partial charge in [0, 0.05) is 11.1 Å². The fourth-order valence-corrected chi connectivity index (χ4v) is 1.40. The molecule has 2 heteroatoms. The van der Waals surface area contributed by atoms with Crippen LogP contribution in [0.25, 0.3) is 11.1 Å². The minimum absolute atomic E-state index is 0. The second-order valence-corrected chi connectivity index (χ2v) is 3.03. The topological polar surface area (TPSA) is 40.5 Å². The predicted octanol–water partition coefficient (Wildman–Crippen LogP) is 3.40. The lowest BCUT2D eigenvalue weighted by Crippen LogP contribution is -1.79. The maximum absolute atomic E-state index is 9.58. The predicted molar refractivity (Wildman–Crippen MR) is 61.9 cm³/mol. The average molecular weight is 202 g/mol. The standard InChI is InChI=1S/C12H10O2.CH4/c13-11-7-3-1-5-9(11)10-6-2-4-8-12(10)14;/h1-8,13-14H;1H4. The minimum Gasteiger partial charge on any atom is -0.507 e. The average Bonchev–Trinajstić information content (AvgIpc) is 2.20. The molecule has 78 valence electrons. The largest absolute Gasteiger partial charge is 0.507 e. The van der Waals surface area contributed by atoms with Crippen molar-refractivity contribution in [3.63, 3.8) is 0 Å². The molecule has 0 bridgehead atoms. The Hall–Kier alpha value is -1.96. The van der Waals surface area contributed by atoms with Crippen LogP contribution >= 0.6 is 0 Å². The molecule has 2 rings (SSSR count). The van der Waals surface area contributed by atoms with Crippen LogP contribution in [0.2, 0.25) is 0 Å². The Labute approximate surface area is 89.4 Å². The van der Waals surface area contributed by atoms with Crippen molar-refractivity contribution >= 4 is 0 Å². The van der Waals surface area contributed by atoms with Crippen LogP contribution in [-0.4, -0.2) is 10.2 Å². The van der Waals surface area contributed by atoms with Crippen molar-refractivity contribution in [3.05, 3.63) is 48.5 Å². The third kappa shape index (κ3) is 2.10. The Kier molecular flexibility index (Phi) is 3.34. The molecular weight excluding hydrogens is 188 g/mol. The van der Waals surface area contributed by atoms with Gasteiger partial charge in [0.15, 0.2) is 0 Å². The molecule has 0 aliphatic heterocycles. The smallest absolute Gasteiger partial charge is 0.123 e. The zero-order valence-electron chi connectivity index (χ0n) is 7.51. The van der Waals surface area contributed by atoms with Crippen LogP contribution in [0.4, 0.5) is 0 Å². The van der Waals surface area contributed by atoms with Gasteiger partial charge in [0.2, 0.25) is 0 Å². The molecule has 0 spiro atoms. The van der Waals surface area contributed by atoms with E-state index in [1.54, 1.807) is 36.4 Å². The maximum atomic E-state index is 9.58. The van der Waals surface area contributed by atoms with Gasteiger partial charge in [0.05, 0.1) is 0 Å². The summed E-state index contributed by atoms with van der Waals surface area (Å²) < 4.78 is 0. The first-order valence-electron chi connectivity index (χ1n) is 4.35. The second-order valence-electron chi connectivity index (χ2n) is 3.03. The van der Waals surface area contributed by atoms with Gasteiger partial charge < -0.3 is 10.2 Å². The van der Waals surface area contributed by atoms with Crippen LogP contribution in [0.5, 0.6) is 11.5 Å². The highest BCUT2D eigenvalue weighted by atomic mass is 16.3. The molecule has 0 fully saturated rings. The Morgan fingerprint density at radius 1 is 0.600 bits per heavy atom. The van der Waals surface area contributed by atoms with Gasteiger partial charge in [-0.1, -0.05) is 43.8 Å². The Bertz CT molecular complexity index is 406. The summed E-state index contributed by atoms with van der Waals surface area (Å²) in [5.74, 6) is 0.350. The van der Waals surface area contributed by atoms with E-state index in [9.17, 15) is 10.2 Å². The fraction of sp³-hybridized carbons (Fsp3) is 0.0769. The summed E-state index contributed by atoms with van der Waals surface area (Å²) in [6.45, 7) is 0. The van der Waals surface area contributed by atoms with Crippen molar-refractivity contribution in [3.8, 4) is 22.6 Å². The van der Waals surface area contributed by atoms with Crippen LogP contribution in [0, 0.1) is 0 Å². The molecule has 15 heavy (non-hydrogen) atoms. The molecule has 0 radical (unpaired) electrons. The van der Waals surface area contributed by atoms with Gasteiger partial charge in [0.1, 0.15) is 11.5 Å². The summed E-state index contributed by atoms with van der Waals surface area (Å²) in [6, 6.07) is 13.9. The number of phenolic OH excluding ortho intramolecular Hbond substituents is 2.